The molecule has 0 saturated carbocycles. The van der Waals surface area contributed by atoms with E-state index < -0.39 is 11.6 Å². The molecule has 0 fully saturated rings. The zero-order valence-corrected chi connectivity index (χ0v) is 16.5. The summed E-state index contributed by atoms with van der Waals surface area (Å²) in [6.07, 6.45) is 8.24. The maximum absolute atomic E-state index is 12.4. The topological polar surface area (TPSA) is 114 Å². The highest BCUT2D eigenvalue weighted by Gasteiger charge is 2.27. The van der Waals surface area contributed by atoms with Gasteiger partial charge in [-0.2, -0.15) is 10.2 Å². The van der Waals surface area contributed by atoms with Crippen molar-refractivity contribution in [1.82, 2.24) is 24.9 Å². The van der Waals surface area contributed by atoms with Gasteiger partial charge in [0.2, 0.25) is 5.43 Å². The van der Waals surface area contributed by atoms with Crippen LogP contribution in [0.2, 0.25) is 0 Å². The highest BCUT2D eigenvalue weighted by molar-refractivity contribution is 6.08. The lowest BCUT2D eigenvalue weighted by Crippen LogP contribution is -2.37. The van der Waals surface area contributed by atoms with E-state index in [1.54, 1.807) is 21.8 Å². The van der Waals surface area contributed by atoms with Crippen molar-refractivity contribution in [2.24, 2.45) is 12.0 Å². The number of carbonyl (C=O) groups is 1. The number of carboxylic acids is 1. The van der Waals surface area contributed by atoms with Gasteiger partial charge in [-0.25, -0.2) is 9.48 Å². The summed E-state index contributed by atoms with van der Waals surface area (Å²) in [7, 11) is 1.81. The molecular weight excluding hydrogens is 384 g/mol. The fourth-order valence-corrected chi connectivity index (χ4v) is 3.18. The van der Waals surface area contributed by atoms with E-state index in [4.69, 9.17) is 5.11 Å². The molecule has 1 atom stereocenters. The van der Waals surface area contributed by atoms with Gasteiger partial charge in [-0.05, 0) is 18.1 Å². The van der Waals surface area contributed by atoms with Crippen molar-refractivity contribution in [3.05, 3.63) is 87.7 Å². The van der Waals surface area contributed by atoms with E-state index in [1.165, 1.54) is 18.5 Å². The van der Waals surface area contributed by atoms with Crippen LogP contribution in [-0.2, 0) is 23.9 Å². The summed E-state index contributed by atoms with van der Waals surface area (Å²) in [6, 6.07) is 9.13. The molecule has 1 unspecified atom stereocenters. The molecule has 152 valence electrons. The maximum atomic E-state index is 12.4. The molecule has 2 aromatic heterocycles. The minimum Gasteiger partial charge on any atom is -0.478 e. The van der Waals surface area contributed by atoms with Crippen LogP contribution in [-0.4, -0.2) is 36.9 Å². The average Bonchev–Trinajstić information content (AvgIpc) is 3.16. The number of nitrogens with zero attached hydrogens (tertiary/aromatic N) is 5. The monoisotopic (exact) mass is 404 g/mol. The van der Waals surface area contributed by atoms with Crippen LogP contribution in [0.1, 0.15) is 23.7 Å². The second-order valence-corrected chi connectivity index (χ2v) is 7.20. The van der Waals surface area contributed by atoms with E-state index in [9.17, 15) is 9.59 Å². The zero-order chi connectivity index (χ0) is 21.3. The highest BCUT2D eigenvalue weighted by Crippen LogP contribution is 2.26. The summed E-state index contributed by atoms with van der Waals surface area (Å²) >= 11 is 0. The molecule has 1 aliphatic rings. The van der Waals surface area contributed by atoms with Crippen molar-refractivity contribution in [3.8, 4) is 5.69 Å². The van der Waals surface area contributed by atoms with Crippen molar-refractivity contribution >= 4 is 12.2 Å². The first-order valence-corrected chi connectivity index (χ1v) is 9.28. The number of nitrogens with one attached hydrogen (secondary N) is 1. The molecule has 0 amide bonds. The van der Waals surface area contributed by atoms with Crippen LogP contribution in [0.4, 0.5) is 0 Å². The van der Waals surface area contributed by atoms with Gasteiger partial charge >= 0.3 is 5.97 Å². The van der Waals surface area contributed by atoms with Gasteiger partial charge < -0.3 is 10.4 Å². The minimum absolute atomic E-state index is 0.0908. The molecule has 30 heavy (non-hydrogen) atoms. The van der Waals surface area contributed by atoms with Gasteiger partial charge in [0.1, 0.15) is 11.4 Å². The Hall–Kier alpha value is -4.01. The van der Waals surface area contributed by atoms with Crippen molar-refractivity contribution < 1.29 is 9.90 Å². The molecule has 0 aliphatic carbocycles. The largest absolute Gasteiger partial charge is 0.478 e. The number of hydrogen-bond acceptors (Lipinski definition) is 6. The average molecular weight is 404 g/mol. The van der Waals surface area contributed by atoms with Crippen molar-refractivity contribution in [3.63, 3.8) is 0 Å². The van der Waals surface area contributed by atoms with Gasteiger partial charge in [-0.3, -0.25) is 14.5 Å². The fourth-order valence-electron chi connectivity index (χ4n) is 3.18. The van der Waals surface area contributed by atoms with Crippen LogP contribution in [0, 0.1) is 0 Å². The molecule has 0 spiro atoms. The van der Waals surface area contributed by atoms with E-state index in [0.717, 1.165) is 16.8 Å². The molecule has 2 N–H and O–H groups in total. The lowest BCUT2D eigenvalue weighted by Gasteiger charge is -2.29. The Kier molecular flexibility index (Phi) is 4.78. The summed E-state index contributed by atoms with van der Waals surface area (Å²) < 4.78 is 3.29. The summed E-state index contributed by atoms with van der Waals surface area (Å²) in [5.74, 6) is -1.04. The predicted molar refractivity (Wildman–Crippen MR) is 111 cm³/mol. The van der Waals surface area contributed by atoms with E-state index >= 15 is 0 Å². The van der Waals surface area contributed by atoms with Crippen LogP contribution in [0.5, 0.6) is 0 Å². The van der Waals surface area contributed by atoms with Crippen LogP contribution in [0.3, 0.4) is 0 Å². The third-order valence-corrected chi connectivity index (χ3v) is 4.91. The van der Waals surface area contributed by atoms with E-state index in [0.29, 0.717) is 12.1 Å². The first kappa shape index (κ1) is 19.3. The fraction of sp³-hybridized carbons (Fsp3) is 0.190. The molecule has 0 saturated heterocycles. The summed E-state index contributed by atoms with van der Waals surface area (Å²) in [5, 5.41) is 20.7. The smallest absolute Gasteiger partial charge is 0.338 e. The van der Waals surface area contributed by atoms with E-state index in [2.05, 4.69) is 20.5 Å². The molecule has 1 aliphatic heterocycles. The number of aromatic nitrogens is 4. The Balaban J connectivity index is 1.61. The summed E-state index contributed by atoms with van der Waals surface area (Å²) in [5.41, 5.74) is 2.07. The molecule has 1 aromatic carbocycles. The Morgan fingerprint density at radius 2 is 2.13 bits per heavy atom. The van der Waals surface area contributed by atoms with Crippen LogP contribution >= 0.6 is 0 Å². The molecule has 9 heteroatoms. The first-order valence-electron chi connectivity index (χ1n) is 9.28. The van der Waals surface area contributed by atoms with Gasteiger partial charge in [0, 0.05) is 38.1 Å². The molecule has 9 nitrogen and oxygen atoms in total. The normalized spacial score (nSPS) is 18.0. The second-order valence-electron chi connectivity index (χ2n) is 7.20. The lowest BCUT2D eigenvalue weighted by atomic mass is 9.97. The highest BCUT2D eigenvalue weighted by atomic mass is 16.4. The number of rotatable bonds is 5. The zero-order valence-electron chi connectivity index (χ0n) is 16.5. The number of carboxylic acid groups (broad SMARTS) is 1. The van der Waals surface area contributed by atoms with Gasteiger partial charge in [-0.15, -0.1) is 0 Å². The minimum atomic E-state index is -1.04. The summed E-state index contributed by atoms with van der Waals surface area (Å²) in [6.45, 7) is 1.86. The second kappa shape index (κ2) is 7.43. The Morgan fingerprint density at radius 1 is 1.30 bits per heavy atom. The van der Waals surface area contributed by atoms with Crippen molar-refractivity contribution in [2.45, 2.75) is 19.0 Å². The number of aliphatic carboxylic acids is 1. The van der Waals surface area contributed by atoms with E-state index in [1.807, 2.05) is 44.4 Å². The van der Waals surface area contributed by atoms with Gasteiger partial charge in [0.25, 0.3) is 0 Å². The number of aryl methyl sites for hydroxylation is 1. The summed E-state index contributed by atoms with van der Waals surface area (Å²) in [4.78, 5) is 27.8. The quantitative estimate of drug-likeness (QED) is 0.664. The van der Waals surface area contributed by atoms with Crippen molar-refractivity contribution in [2.75, 3.05) is 0 Å². The number of hydrogen-bond donors (Lipinski definition) is 2. The van der Waals surface area contributed by atoms with E-state index in [-0.39, 0.29) is 11.0 Å². The molecule has 3 heterocycles. The third kappa shape index (κ3) is 3.77. The third-order valence-electron chi connectivity index (χ3n) is 4.91. The molecule has 3 aromatic rings. The van der Waals surface area contributed by atoms with Gasteiger partial charge in [0.15, 0.2) is 5.66 Å². The molecule has 0 bridgehead atoms. The van der Waals surface area contributed by atoms with Gasteiger partial charge in [-0.1, -0.05) is 24.3 Å². The Morgan fingerprint density at radius 3 is 2.80 bits per heavy atom. The number of aliphatic imine (C=N–C) groups is 1. The molecular formula is C21H20N6O3. The Labute approximate surface area is 172 Å². The Bertz CT molecular complexity index is 1240. The lowest BCUT2D eigenvalue weighted by molar-refractivity contribution is -0.132. The van der Waals surface area contributed by atoms with Gasteiger partial charge in [0.05, 0.1) is 18.0 Å². The predicted octanol–water partition coefficient (Wildman–Crippen LogP) is 1.37. The van der Waals surface area contributed by atoms with Crippen LogP contribution in [0.15, 0.2) is 70.5 Å². The van der Waals surface area contributed by atoms with Crippen molar-refractivity contribution in [1.29, 1.82) is 0 Å². The molecule has 4 rings (SSSR count). The molecule has 0 radical (unpaired) electrons. The SMILES string of the molecule is Cn1cc(-n2ccc(=O)c(Cc3cccc(C4(C)N=CC(C(=O)O)=CN4)c3)n2)cn1. The maximum Gasteiger partial charge on any atom is 0.338 e. The van der Waals surface area contributed by atoms with Crippen LogP contribution < -0.4 is 10.7 Å². The number of benzene rings is 1. The standard InChI is InChI=1S/C21H20N6O3/c1-21(22-10-15(11-23-21)20(29)30)16-5-3-4-14(8-16)9-18-19(28)6-7-27(25-18)17-12-24-26(2)13-17/h3-8,10-13,22H,9H2,1-2H3,(H,29,30). The first-order chi connectivity index (χ1) is 14.3. The van der Waals surface area contributed by atoms with Crippen LogP contribution in [0.25, 0.3) is 5.69 Å².